The van der Waals surface area contributed by atoms with Crippen molar-refractivity contribution in [3.63, 3.8) is 0 Å². The van der Waals surface area contributed by atoms with Crippen LogP contribution in [0.1, 0.15) is 36.7 Å². The average molecular weight is 392 g/mol. The van der Waals surface area contributed by atoms with Crippen LogP contribution >= 0.6 is 0 Å². The van der Waals surface area contributed by atoms with E-state index < -0.39 is 0 Å². The Kier molecular flexibility index (Phi) is 6.39. The Hall–Kier alpha value is -3.48. The molecule has 0 fully saturated rings. The summed E-state index contributed by atoms with van der Waals surface area (Å²) in [5, 5.41) is 2.93. The van der Waals surface area contributed by atoms with Crippen LogP contribution in [0.25, 0.3) is 11.4 Å². The molecule has 150 valence electrons. The summed E-state index contributed by atoms with van der Waals surface area (Å²) in [4.78, 5) is 36.2. The highest BCUT2D eigenvalue weighted by Gasteiger charge is 2.16. The second-order valence-electron chi connectivity index (χ2n) is 6.69. The Morgan fingerprint density at radius 3 is 2.62 bits per heavy atom. The zero-order chi connectivity index (χ0) is 20.8. The minimum Gasteiger partial charge on any atom is -0.494 e. The molecule has 0 aliphatic heterocycles. The monoisotopic (exact) mass is 392 g/mol. The normalized spacial score (nSPS) is 11.7. The van der Waals surface area contributed by atoms with E-state index in [1.54, 1.807) is 25.4 Å². The number of aromatic nitrogens is 3. The average Bonchev–Trinajstić information content (AvgIpc) is 2.72. The number of carbonyl (C=O) groups excluding carboxylic acids is 1. The highest BCUT2D eigenvalue weighted by atomic mass is 16.5. The number of hydrogen-bond acceptors (Lipinski definition) is 5. The molecule has 7 heteroatoms. The van der Waals surface area contributed by atoms with E-state index in [0.717, 1.165) is 11.3 Å². The molecule has 0 bridgehead atoms. The molecule has 0 saturated heterocycles. The van der Waals surface area contributed by atoms with Gasteiger partial charge in [-0.05, 0) is 50.6 Å². The maximum absolute atomic E-state index is 12.5. The Morgan fingerprint density at radius 2 is 2.00 bits per heavy atom. The van der Waals surface area contributed by atoms with Crippen LogP contribution in [0.5, 0.6) is 5.75 Å². The standard InChI is InChI=1S/C22H24N4O3/c1-4-29-18-9-7-16(8-10-18)14(2)24-20(27)12-19-15(3)25-21(26-22(19)28)17-6-5-11-23-13-17/h5-11,13-14H,4,12H2,1-3H3,(H,24,27)(H,25,26,28). The summed E-state index contributed by atoms with van der Waals surface area (Å²) in [5.41, 5.74) is 2.23. The first-order valence-electron chi connectivity index (χ1n) is 9.50. The summed E-state index contributed by atoms with van der Waals surface area (Å²) in [6.45, 7) is 6.16. The second-order valence-corrected chi connectivity index (χ2v) is 6.69. The molecule has 3 aromatic rings. The molecule has 0 aliphatic rings. The van der Waals surface area contributed by atoms with E-state index in [-0.39, 0.29) is 23.9 Å². The molecule has 2 aromatic heterocycles. The number of nitrogens with one attached hydrogen (secondary N) is 2. The van der Waals surface area contributed by atoms with Gasteiger partial charge in [-0.1, -0.05) is 12.1 Å². The summed E-state index contributed by atoms with van der Waals surface area (Å²) in [6.07, 6.45) is 3.24. The van der Waals surface area contributed by atoms with Gasteiger partial charge in [-0.3, -0.25) is 14.6 Å². The zero-order valence-corrected chi connectivity index (χ0v) is 16.7. The summed E-state index contributed by atoms with van der Waals surface area (Å²) in [7, 11) is 0. The number of carbonyl (C=O) groups is 1. The van der Waals surface area contributed by atoms with Crippen LogP contribution < -0.4 is 15.6 Å². The lowest BCUT2D eigenvalue weighted by molar-refractivity contribution is -0.121. The van der Waals surface area contributed by atoms with Crippen molar-refractivity contribution in [3.8, 4) is 17.1 Å². The zero-order valence-electron chi connectivity index (χ0n) is 16.7. The molecular formula is C22H24N4O3. The lowest BCUT2D eigenvalue weighted by Gasteiger charge is -2.15. The van der Waals surface area contributed by atoms with Gasteiger partial charge in [0.25, 0.3) is 5.56 Å². The lowest BCUT2D eigenvalue weighted by Crippen LogP contribution is -2.31. The van der Waals surface area contributed by atoms with Gasteiger partial charge in [0.1, 0.15) is 11.6 Å². The van der Waals surface area contributed by atoms with Gasteiger partial charge in [0.2, 0.25) is 5.91 Å². The highest BCUT2D eigenvalue weighted by molar-refractivity contribution is 5.79. The van der Waals surface area contributed by atoms with E-state index in [0.29, 0.717) is 29.3 Å². The van der Waals surface area contributed by atoms with Crippen LogP contribution in [0.4, 0.5) is 0 Å². The maximum Gasteiger partial charge on any atom is 0.255 e. The fraction of sp³-hybridized carbons (Fsp3) is 0.273. The molecular weight excluding hydrogens is 368 g/mol. The van der Waals surface area contributed by atoms with Crippen molar-refractivity contribution in [1.29, 1.82) is 0 Å². The van der Waals surface area contributed by atoms with Crippen molar-refractivity contribution >= 4 is 5.91 Å². The van der Waals surface area contributed by atoms with Crippen LogP contribution in [0, 0.1) is 6.92 Å². The molecule has 1 aromatic carbocycles. The van der Waals surface area contributed by atoms with Crippen LogP contribution in [0.15, 0.2) is 53.6 Å². The smallest absolute Gasteiger partial charge is 0.255 e. The van der Waals surface area contributed by atoms with Crippen molar-refractivity contribution in [2.24, 2.45) is 0 Å². The van der Waals surface area contributed by atoms with E-state index in [9.17, 15) is 9.59 Å². The van der Waals surface area contributed by atoms with Crippen molar-refractivity contribution in [2.75, 3.05) is 6.61 Å². The molecule has 0 spiro atoms. The Balaban J connectivity index is 1.69. The van der Waals surface area contributed by atoms with Crippen molar-refractivity contribution < 1.29 is 9.53 Å². The van der Waals surface area contributed by atoms with Crippen LogP contribution in [-0.4, -0.2) is 27.5 Å². The molecule has 1 amide bonds. The number of aromatic amines is 1. The summed E-state index contributed by atoms with van der Waals surface area (Å²) in [6, 6.07) is 11.0. The number of rotatable bonds is 7. The molecule has 2 heterocycles. The summed E-state index contributed by atoms with van der Waals surface area (Å²) < 4.78 is 5.43. The molecule has 0 aliphatic carbocycles. The molecule has 29 heavy (non-hydrogen) atoms. The van der Waals surface area contributed by atoms with Crippen molar-refractivity contribution in [3.05, 3.63) is 76.0 Å². The molecule has 3 rings (SSSR count). The number of aryl methyl sites for hydroxylation is 1. The van der Waals surface area contributed by atoms with Crippen molar-refractivity contribution in [1.82, 2.24) is 20.3 Å². The Morgan fingerprint density at radius 1 is 1.24 bits per heavy atom. The SMILES string of the molecule is CCOc1ccc(C(C)NC(=O)Cc2c(C)nc(-c3cccnc3)[nH]c2=O)cc1. The molecule has 0 radical (unpaired) electrons. The van der Waals surface area contributed by atoms with E-state index in [4.69, 9.17) is 4.74 Å². The number of H-pyrrole nitrogens is 1. The second kappa shape index (κ2) is 9.14. The molecule has 1 unspecified atom stereocenters. The first kappa shape index (κ1) is 20.3. The van der Waals surface area contributed by atoms with Gasteiger partial charge < -0.3 is 15.0 Å². The summed E-state index contributed by atoms with van der Waals surface area (Å²) in [5.74, 6) is 0.986. The lowest BCUT2D eigenvalue weighted by atomic mass is 10.1. The predicted octanol–water partition coefficient (Wildman–Crippen LogP) is 2.96. The fourth-order valence-corrected chi connectivity index (χ4v) is 3.01. The van der Waals surface area contributed by atoms with Crippen LogP contribution in [-0.2, 0) is 11.2 Å². The summed E-state index contributed by atoms with van der Waals surface area (Å²) >= 11 is 0. The first-order valence-corrected chi connectivity index (χ1v) is 9.50. The topological polar surface area (TPSA) is 97.0 Å². The number of pyridine rings is 1. The molecule has 0 saturated carbocycles. The van der Waals surface area contributed by atoms with E-state index in [1.165, 1.54) is 0 Å². The third-order valence-electron chi connectivity index (χ3n) is 4.56. The largest absolute Gasteiger partial charge is 0.494 e. The number of nitrogens with zero attached hydrogens (tertiary/aromatic N) is 2. The third-order valence-corrected chi connectivity index (χ3v) is 4.56. The van der Waals surface area contributed by atoms with Crippen LogP contribution in [0.2, 0.25) is 0 Å². The molecule has 1 atom stereocenters. The quantitative estimate of drug-likeness (QED) is 0.644. The fourth-order valence-electron chi connectivity index (χ4n) is 3.01. The maximum atomic E-state index is 12.5. The number of benzene rings is 1. The molecule has 2 N–H and O–H groups in total. The van der Waals surface area contributed by atoms with Gasteiger partial charge in [-0.15, -0.1) is 0 Å². The van der Waals surface area contributed by atoms with Gasteiger partial charge >= 0.3 is 0 Å². The van der Waals surface area contributed by atoms with E-state index >= 15 is 0 Å². The van der Waals surface area contributed by atoms with E-state index in [2.05, 4.69) is 20.3 Å². The van der Waals surface area contributed by atoms with Gasteiger partial charge in [-0.2, -0.15) is 0 Å². The number of ether oxygens (including phenoxy) is 1. The minimum atomic E-state index is -0.319. The van der Waals surface area contributed by atoms with Gasteiger partial charge in [-0.25, -0.2) is 4.98 Å². The Labute approximate surface area is 169 Å². The number of amides is 1. The third kappa shape index (κ3) is 5.07. The predicted molar refractivity (Wildman–Crippen MR) is 111 cm³/mol. The van der Waals surface area contributed by atoms with E-state index in [1.807, 2.05) is 44.2 Å². The first-order chi connectivity index (χ1) is 14.0. The number of hydrogen-bond donors (Lipinski definition) is 2. The minimum absolute atomic E-state index is 0.0388. The molecule has 7 nitrogen and oxygen atoms in total. The van der Waals surface area contributed by atoms with Crippen LogP contribution in [0.3, 0.4) is 0 Å². The van der Waals surface area contributed by atoms with Gasteiger partial charge in [0.05, 0.1) is 19.1 Å². The van der Waals surface area contributed by atoms with Crippen molar-refractivity contribution in [2.45, 2.75) is 33.2 Å². The highest BCUT2D eigenvalue weighted by Crippen LogP contribution is 2.18. The van der Waals surface area contributed by atoms with Gasteiger partial charge in [0.15, 0.2) is 0 Å². The van der Waals surface area contributed by atoms with Gasteiger partial charge in [0, 0.05) is 29.2 Å². The Bertz CT molecular complexity index is 1030.